The van der Waals surface area contributed by atoms with Crippen LogP contribution in [-0.4, -0.2) is 15.9 Å². The van der Waals surface area contributed by atoms with Crippen molar-refractivity contribution in [1.82, 2.24) is 9.97 Å². The molecule has 6 heteroatoms. The molecule has 0 aliphatic rings. The zero-order valence-electron chi connectivity index (χ0n) is 14.8. The molecule has 132 valence electrons. The highest BCUT2D eigenvalue weighted by Gasteiger charge is 2.11. The van der Waals surface area contributed by atoms with E-state index in [1.54, 1.807) is 18.3 Å². The molecule has 0 unspecified atom stereocenters. The lowest BCUT2D eigenvalue weighted by Crippen LogP contribution is -2.15. The largest absolute Gasteiger partial charge is 0.324 e. The van der Waals surface area contributed by atoms with E-state index >= 15 is 0 Å². The van der Waals surface area contributed by atoms with Crippen LogP contribution in [0.1, 0.15) is 27.2 Å². The van der Waals surface area contributed by atoms with E-state index in [2.05, 4.69) is 20.6 Å². The third kappa shape index (κ3) is 4.18. The van der Waals surface area contributed by atoms with Crippen LogP contribution in [-0.2, 0) is 0 Å². The summed E-state index contributed by atoms with van der Waals surface area (Å²) in [7, 11) is 0. The number of hydrogen-bond donors (Lipinski definition) is 2. The molecule has 2 aromatic carbocycles. The Labute approximate surface area is 157 Å². The summed E-state index contributed by atoms with van der Waals surface area (Å²) in [5, 5.41) is 6.67. The fourth-order valence-electron chi connectivity index (χ4n) is 2.57. The number of aryl methyl sites for hydroxylation is 3. The van der Waals surface area contributed by atoms with Gasteiger partial charge in [0.05, 0.1) is 0 Å². The number of nitrogens with one attached hydrogen (secondary N) is 2. The molecule has 5 nitrogen and oxygen atoms in total. The van der Waals surface area contributed by atoms with Crippen LogP contribution in [0, 0.1) is 20.8 Å². The molecule has 0 aliphatic carbocycles. The molecule has 1 heterocycles. The van der Waals surface area contributed by atoms with Crippen molar-refractivity contribution in [2.24, 2.45) is 0 Å². The summed E-state index contributed by atoms with van der Waals surface area (Å²) in [6.45, 7) is 5.91. The van der Waals surface area contributed by atoms with Crippen molar-refractivity contribution >= 4 is 34.8 Å². The van der Waals surface area contributed by atoms with Gasteiger partial charge < -0.3 is 10.6 Å². The van der Waals surface area contributed by atoms with Crippen molar-refractivity contribution in [3.63, 3.8) is 0 Å². The van der Waals surface area contributed by atoms with Crippen LogP contribution in [0.2, 0.25) is 5.02 Å². The van der Waals surface area contributed by atoms with Crippen LogP contribution in [0.5, 0.6) is 0 Å². The summed E-state index contributed by atoms with van der Waals surface area (Å²) in [5.41, 5.74) is 5.00. The number of benzene rings is 2. The zero-order valence-corrected chi connectivity index (χ0v) is 15.6. The van der Waals surface area contributed by atoms with Gasteiger partial charge in [0, 0.05) is 22.6 Å². The Morgan fingerprint density at radius 2 is 1.69 bits per heavy atom. The molecule has 0 saturated heterocycles. The second kappa shape index (κ2) is 7.54. The summed E-state index contributed by atoms with van der Waals surface area (Å²) >= 11 is 5.97. The molecule has 0 aliphatic heterocycles. The van der Waals surface area contributed by atoms with Gasteiger partial charge in [0.25, 0.3) is 5.91 Å². The summed E-state index contributed by atoms with van der Waals surface area (Å²) in [6.07, 6.45) is 1.55. The van der Waals surface area contributed by atoms with Gasteiger partial charge in [0.1, 0.15) is 5.69 Å². The minimum Gasteiger partial charge on any atom is -0.324 e. The molecular formula is C20H19ClN4O. The zero-order chi connectivity index (χ0) is 18.7. The van der Waals surface area contributed by atoms with Gasteiger partial charge in [0.15, 0.2) is 0 Å². The maximum Gasteiger partial charge on any atom is 0.274 e. The maximum atomic E-state index is 12.5. The molecule has 0 fully saturated rings. The van der Waals surface area contributed by atoms with E-state index in [0.717, 1.165) is 28.1 Å². The minimum absolute atomic E-state index is 0.282. The van der Waals surface area contributed by atoms with Crippen LogP contribution < -0.4 is 10.6 Å². The van der Waals surface area contributed by atoms with Crippen LogP contribution in [0.25, 0.3) is 0 Å². The molecular weight excluding hydrogens is 348 g/mol. The predicted octanol–water partition coefficient (Wildman–Crippen LogP) is 5.05. The van der Waals surface area contributed by atoms with Crippen LogP contribution in [0.15, 0.2) is 48.7 Å². The van der Waals surface area contributed by atoms with E-state index in [1.807, 2.05) is 51.1 Å². The molecule has 26 heavy (non-hydrogen) atoms. The van der Waals surface area contributed by atoms with E-state index in [1.165, 1.54) is 0 Å². The number of carbonyl (C=O) groups excluding carboxylic acids is 1. The Morgan fingerprint density at radius 1 is 0.962 bits per heavy atom. The van der Waals surface area contributed by atoms with Gasteiger partial charge >= 0.3 is 0 Å². The lowest BCUT2D eigenvalue weighted by molar-refractivity contribution is 0.102. The Morgan fingerprint density at radius 3 is 2.42 bits per heavy atom. The first-order chi connectivity index (χ1) is 12.4. The Kier molecular flexibility index (Phi) is 5.19. The van der Waals surface area contributed by atoms with Gasteiger partial charge in [-0.3, -0.25) is 4.79 Å². The maximum absolute atomic E-state index is 12.5. The minimum atomic E-state index is -0.282. The summed E-state index contributed by atoms with van der Waals surface area (Å²) in [5.74, 6) is 0.0685. The quantitative estimate of drug-likeness (QED) is 0.678. The average Bonchev–Trinajstić information content (AvgIpc) is 2.60. The molecule has 0 atom stereocenters. The number of rotatable bonds is 4. The Hall–Kier alpha value is -2.92. The van der Waals surface area contributed by atoms with Crippen LogP contribution in [0.3, 0.4) is 0 Å². The second-order valence-electron chi connectivity index (χ2n) is 6.12. The summed E-state index contributed by atoms with van der Waals surface area (Å²) in [4.78, 5) is 21.0. The number of anilines is 3. The smallest absolute Gasteiger partial charge is 0.274 e. The highest BCUT2D eigenvalue weighted by atomic mass is 35.5. The van der Waals surface area contributed by atoms with Crippen molar-refractivity contribution in [3.05, 3.63) is 76.1 Å². The molecule has 2 N–H and O–H groups in total. The van der Waals surface area contributed by atoms with Crippen molar-refractivity contribution in [1.29, 1.82) is 0 Å². The monoisotopic (exact) mass is 366 g/mol. The average molecular weight is 367 g/mol. The lowest BCUT2D eigenvalue weighted by Gasteiger charge is -2.11. The molecule has 0 spiro atoms. The van der Waals surface area contributed by atoms with Crippen LogP contribution in [0.4, 0.5) is 17.3 Å². The molecule has 0 radical (unpaired) electrons. The third-order valence-electron chi connectivity index (χ3n) is 3.95. The summed E-state index contributed by atoms with van der Waals surface area (Å²) < 4.78 is 0. The van der Waals surface area contributed by atoms with E-state index in [-0.39, 0.29) is 11.6 Å². The van der Waals surface area contributed by atoms with Gasteiger partial charge in [-0.15, -0.1) is 0 Å². The molecule has 3 aromatic rings. The van der Waals surface area contributed by atoms with Crippen LogP contribution >= 0.6 is 11.6 Å². The fourth-order valence-corrected chi connectivity index (χ4v) is 2.80. The Balaban J connectivity index is 1.79. The standard InChI is InChI=1S/C20H19ClN4O/c1-12-4-6-16(13(2)10-12)23-19(26)18-8-9-22-20(25-18)24-17-7-5-15(21)11-14(17)3/h4-11H,1-3H3,(H,23,26)(H,22,24,25). The van der Waals surface area contributed by atoms with Gasteiger partial charge in [-0.1, -0.05) is 29.3 Å². The summed E-state index contributed by atoms with van der Waals surface area (Å²) in [6, 6.07) is 12.9. The Bertz CT molecular complexity index is 972. The van der Waals surface area contributed by atoms with Gasteiger partial charge in [-0.2, -0.15) is 0 Å². The number of carbonyl (C=O) groups is 1. The van der Waals surface area contributed by atoms with E-state index in [4.69, 9.17) is 11.6 Å². The molecule has 0 saturated carbocycles. The molecule has 0 bridgehead atoms. The molecule has 3 rings (SSSR count). The van der Waals surface area contributed by atoms with Crippen molar-refractivity contribution < 1.29 is 4.79 Å². The first-order valence-electron chi connectivity index (χ1n) is 8.17. The van der Waals surface area contributed by atoms with Crippen molar-refractivity contribution in [2.45, 2.75) is 20.8 Å². The SMILES string of the molecule is Cc1ccc(NC(=O)c2ccnc(Nc3ccc(Cl)cc3C)n2)c(C)c1. The number of aromatic nitrogens is 2. The number of amides is 1. The topological polar surface area (TPSA) is 66.9 Å². The second-order valence-corrected chi connectivity index (χ2v) is 6.56. The van der Waals surface area contributed by atoms with Gasteiger partial charge in [0.2, 0.25) is 5.95 Å². The fraction of sp³-hybridized carbons (Fsp3) is 0.150. The predicted molar refractivity (Wildman–Crippen MR) is 105 cm³/mol. The lowest BCUT2D eigenvalue weighted by atomic mass is 10.1. The highest BCUT2D eigenvalue weighted by molar-refractivity contribution is 6.30. The molecule has 1 amide bonds. The first-order valence-corrected chi connectivity index (χ1v) is 8.55. The van der Waals surface area contributed by atoms with Gasteiger partial charge in [-0.05, 0) is 62.2 Å². The first kappa shape index (κ1) is 17.9. The van der Waals surface area contributed by atoms with E-state index in [9.17, 15) is 4.79 Å². The normalized spacial score (nSPS) is 10.5. The number of hydrogen-bond acceptors (Lipinski definition) is 4. The number of nitrogens with zero attached hydrogens (tertiary/aromatic N) is 2. The molecule has 1 aromatic heterocycles. The third-order valence-corrected chi connectivity index (χ3v) is 4.19. The van der Waals surface area contributed by atoms with Crippen molar-refractivity contribution in [3.8, 4) is 0 Å². The highest BCUT2D eigenvalue weighted by Crippen LogP contribution is 2.22. The number of halogens is 1. The van der Waals surface area contributed by atoms with Gasteiger partial charge in [-0.25, -0.2) is 9.97 Å². The van der Waals surface area contributed by atoms with E-state index in [0.29, 0.717) is 11.0 Å². The van der Waals surface area contributed by atoms with E-state index < -0.39 is 0 Å². The van der Waals surface area contributed by atoms with Crippen molar-refractivity contribution in [2.75, 3.05) is 10.6 Å².